The van der Waals surface area contributed by atoms with Crippen molar-refractivity contribution in [1.82, 2.24) is 4.98 Å². The van der Waals surface area contributed by atoms with Gasteiger partial charge in [-0.25, -0.2) is 4.98 Å². The van der Waals surface area contributed by atoms with E-state index < -0.39 is 0 Å². The largest absolute Gasteiger partial charge is 0.323 e. The van der Waals surface area contributed by atoms with Crippen LogP contribution < -0.4 is 5.73 Å². The summed E-state index contributed by atoms with van der Waals surface area (Å²) in [6, 6.07) is 5.56. The van der Waals surface area contributed by atoms with Crippen LogP contribution >= 0.6 is 34.5 Å². The summed E-state index contributed by atoms with van der Waals surface area (Å²) >= 11 is 13.5. The molecule has 2 aromatic rings. The molecule has 17 heavy (non-hydrogen) atoms. The molecule has 0 saturated heterocycles. The smallest absolute Gasteiger partial charge is 0.0897 e. The van der Waals surface area contributed by atoms with Crippen molar-refractivity contribution in [1.29, 1.82) is 0 Å². The molecule has 2 rings (SSSR count). The third kappa shape index (κ3) is 3.19. The van der Waals surface area contributed by atoms with Gasteiger partial charge in [-0.1, -0.05) is 29.3 Å². The molecule has 1 aromatic carbocycles. The first kappa shape index (κ1) is 12.8. The lowest BCUT2D eigenvalue weighted by atomic mass is 10.1. The highest BCUT2D eigenvalue weighted by Gasteiger charge is 2.10. The van der Waals surface area contributed by atoms with Gasteiger partial charge in [-0.3, -0.25) is 0 Å². The number of thiazole rings is 1. The quantitative estimate of drug-likeness (QED) is 0.926. The van der Waals surface area contributed by atoms with Crippen LogP contribution in [0, 0.1) is 6.92 Å². The van der Waals surface area contributed by atoms with Crippen LogP contribution in [-0.4, -0.2) is 4.98 Å². The predicted molar refractivity (Wildman–Crippen MR) is 73.9 cm³/mol. The lowest BCUT2D eigenvalue weighted by molar-refractivity contribution is 0.734. The van der Waals surface area contributed by atoms with Gasteiger partial charge in [0.25, 0.3) is 0 Å². The zero-order valence-electron chi connectivity index (χ0n) is 9.28. The van der Waals surface area contributed by atoms with Crippen molar-refractivity contribution in [2.45, 2.75) is 19.4 Å². The van der Waals surface area contributed by atoms with Crippen LogP contribution in [0.5, 0.6) is 0 Å². The molecule has 0 amide bonds. The topological polar surface area (TPSA) is 38.9 Å². The van der Waals surface area contributed by atoms with Crippen LogP contribution in [0.3, 0.4) is 0 Å². The van der Waals surface area contributed by atoms with Gasteiger partial charge in [-0.2, -0.15) is 0 Å². The van der Waals surface area contributed by atoms with E-state index in [1.165, 1.54) is 0 Å². The molecular formula is C12H12Cl2N2S. The van der Waals surface area contributed by atoms with Gasteiger partial charge in [0.2, 0.25) is 0 Å². The van der Waals surface area contributed by atoms with Crippen molar-refractivity contribution >= 4 is 34.5 Å². The molecule has 0 radical (unpaired) electrons. The fourth-order valence-electron chi connectivity index (χ4n) is 1.57. The third-order valence-corrected chi connectivity index (χ3v) is 4.23. The predicted octanol–water partition coefficient (Wildman–Crippen LogP) is 4.00. The number of nitrogens with two attached hydrogens (primary N) is 1. The molecule has 2 nitrogen and oxygen atoms in total. The first-order chi connectivity index (χ1) is 8.06. The van der Waals surface area contributed by atoms with Crippen molar-refractivity contribution in [2.24, 2.45) is 5.73 Å². The summed E-state index contributed by atoms with van der Waals surface area (Å²) in [6.07, 6.45) is 2.57. The van der Waals surface area contributed by atoms with Crippen LogP contribution in [0.2, 0.25) is 10.0 Å². The monoisotopic (exact) mass is 286 g/mol. The van der Waals surface area contributed by atoms with E-state index in [0.717, 1.165) is 21.9 Å². The average molecular weight is 287 g/mol. The molecule has 5 heteroatoms. The Kier molecular flexibility index (Phi) is 4.05. The van der Waals surface area contributed by atoms with Gasteiger partial charge in [-0.05, 0) is 31.0 Å². The zero-order chi connectivity index (χ0) is 12.4. The molecule has 90 valence electrons. The molecule has 0 fully saturated rings. The molecule has 1 aromatic heterocycles. The van der Waals surface area contributed by atoms with Crippen molar-refractivity contribution in [3.05, 3.63) is 49.9 Å². The minimum atomic E-state index is -0.0431. The van der Waals surface area contributed by atoms with Gasteiger partial charge in [-0.15, -0.1) is 11.3 Å². The van der Waals surface area contributed by atoms with Gasteiger partial charge in [0.15, 0.2) is 0 Å². The van der Waals surface area contributed by atoms with Gasteiger partial charge >= 0.3 is 0 Å². The second-order valence-corrected chi connectivity index (χ2v) is 5.92. The molecule has 0 aliphatic rings. The number of hydrogen-bond acceptors (Lipinski definition) is 3. The maximum absolute atomic E-state index is 6.12. The first-order valence-electron chi connectivity index (χ1n) is 5.18. The van der Waals surface area contributed by atoms with E-state index in [0.29, 0.717) is 10.0 Å². The third-order valence-electron chi connectivity index (χ3n) is 2.44. The summed E-state index contributed by atoms with van der Waals surface area (Å²) in [5.74, 6) is 0. The average Bonchev–Trinajstić information content (AvgIpc) is 2.70. The Morgan fingerprint density at radius 1 is 1.35 bits per heavy atom. The molecule has 0 aliphatic heterocycles. The second-order valence-electron chi connectivity index (χ2n) is 3.84. The molecule has 0 saturated carbocycles. The lowest BCUT2D eigenvalue weighted by Gasteiger charge is -2.09. The van der Waals surface area contributed by atoms with E-state index in [1.807, 2.05) is 25.3 Å². The van der Waals surface area contributed by atoms with Crippen molar-refractivity contribution in [3.63, 3.8) is 0 Å². The Balaban J connectivity index is 2.12. The summed E-state index contributed by atoms with van der Waals surface area (Å²) in [5.41, 5.74) is 7.20. The highest BCUT2D eigenvalue weighted by molar-refractivity contribution is 7.11. The Bertz CT molecular complexity index is 525. The molecule has 2 N–H and O–H groups in total. The number of nitrogens with zero attached hydrogens (tertiary/aromatic N) is 1. The van der Waals surface area contributed by atoms with Crippen LogP contribution in [0.25, 0.3) is 0 Å². The minimum Gasteiger partial charge on any atom is -0.323 e. The molecular weight excluding hydrogens is 275 g/mol. The minimum absolute atomic E-state index is 0.0431. The van der Waals surface area contributed by atoms with Crippen LogP contribution in [0.15, 0.2) is 24.4 Å². The lowest BCUT2D eigenvalue weighted by Crippen LogP contribution is -2.11. The molecule has 0 spiro atoms. The van der Waals surface area contributed by atoms with E-state index >= 15 is 0 Å². The number of hydrogen-bond donors (Lipinski definition) is 1. The first-order valence-corrected chi connectivity index (χ1v) is 6.75. The van der Waals surface area contributed by atoms with E-state index in [4.69, 9.17) is 28.9 Å². The van der Waals surface area contributed by atoms with Crippen LogP contribution in [-0.2, 0) is 6.42 Å². The van der Waals surface area contributed by atoms with Crippen molar-refractivity contribution < 1.29 is 0 Å². The Morgan fingerprint density at radius 3 is 2.71 bits per heavy atom. The Hall–Kier alpha value is -0.610. The van der Waals surface area contributed by atoms with Gasteiger partial charge < -0.3 is 5.73 Å². The number of aryl methyl sites for hydroxylation is 1. The summed E-state index contributed by atoms with van der Waals surface area (Å²) in [6.45, 7) is 1.97. The van der Waals surface area contributed by atoms with Gasteiger partial charge in [0, 0.05) is 17.1 Å². The molecule has 0 bridgehead atoms. The van der Waals surface area contributed by atoms with E-state index in [2.05, 4.69) is 4.98 Å². The summed E-state index contributed by atoms with van der Waals surface area (Å²) in [4.78, 5) is 5.29. The highest BCUT2D eigenvalue weighted by atomic mass is 35.5. The summed E-state index contributed by atoms with van der Waals surface area (Å²) < 4.78 is 0. The molecule has 1 heterocycles. The standard InChI is InChI=1S/C12H12Cl2N2S/c1-7-16-6-12(17-7)11(15)5-8-2-3-9(13)10(14)4-8/h2-4,6,11H,5,15H2,1H3. The fraction of sp³-hybridized carbons (Fsp3) is 0.250. The Morgan fingerprint density at radius 2 is 2.12 bits per heavy atom. The molecule has 1 atom stereocenters. The van der Waals surface area contributed by atoms with E-state index in [1.54, 1.807) is 17.4 Å². The summed E-state index contributed by atoms with van der Waals surface area (Å²) in [7, 11) is 0. The second kappa shape index (κ2) is 5.36. The van der Waals surface area contributed by atoms with Gasteiger partial charge in [0.1, 0.15) is 0 Å². The maximum atomic E-state index is 6.12. The van der Waals surface area contributed by atoms with E-state index in [-0.39, 0.29) is 6.04 Å². The van der Waals surface area contributed by atoms with Crippen molar-refractivity contribution in [2.75, 3.05) is 0 Å². The van der Waals surface area contributed by atoms with Gasteiger partial charge in [0.05, 0.1) is 15.1 Å². The highest BCUT2D eigenvalue weighted by Crippen LogP contribution is 2.26. The maximum Gasteiger partial charge on any atom is 0.0897 e. The Labute approximate surface area is 114 Å². The van der Waals surface area contributed by atoms with E-state index in [9.17, 15) is 0 Å². The fourth-order valence-corrected chi connectivity index (χ4v) is 2.68. The normalized spacial score (nSPS) is 12.7. The van der Waals surface area contributed by atoms with Crippen LogP contribution in [0.1, 0.15) is 21.5 Å². The molecule has 1 unspecified atom stereocenters. The molecule has 0 aliphatic carbocycles. The number of aromatic nitrogens is 1. The SMILES string of the molecule is Cc1ncc(C(N)Cc2ccc(Cl)c(Cl)c2)s1. The number of halogens is 2. The number of rotatable bonds is 3. The van der Waals surface area contributed by atoms with Crippen LogP contribution in [0.4, 0.5) is 0 Å². The van der Waals surface area contributed by atoms with Crippen molar-refractivity contribution in [3.8, 4) is 0 Å². The number of benzene rings is 1. The zero-order valence-corrected chi connectivity index (χ0v) is 11.6. The summed E-state index contributed by atoms with van der Waals surface area (Å²) in [5, 5.41) is 2.17.